The van der Waals surface area contributed by atoms with Gasteiger partial charge in [0.2, 0.25) is 0 Å². The van der Waals surface area contributed by atoms with E-state index >= 15 is 0 Å². The molecule has 4 heteroatoms. The molecular formula is C18H17N3O. The first-order chi connectivity index (χ1) is 10.8. The number of hydrogen-bond acceptors (Lipinski definition) is 2. The molecule has 3 aromatic rings. The molecule has 0 saturated heterocycles. The van der Waals surface area contributed by atoms with Crippen molar-refractivity contribution in [3.8, 4) is 0 Å². The number of nitrogens with one attached hydrogen (secondary N) is 1. The second-order valence-corrected chi connectivity index (χ2v) is 5.81. The molecule has 0 bridgehead atoms. The van der Waals surface area contributed by atoms with Crippen molar-refractivity contribution in [3.63, 3.8) is 0 Å². The number of amides is 1. The molecule has 1 heterocycles. The van der Waals surface area contributed by atoms with Gasteiger partial charge in [-0.25, -0.2) is 0 Å². The molecule has 110 valence electrons. The van der Waals surface area contributed by atoms with Crippen molar-refractivity contribution in [1.82, 2.24) is 15.1 Å². The highest BCUT2D eigenvalue weighted by atomic mass is 16.2. The Hall–Kier alpha value is -2.62. The molecule has 1 atom stereocenters. The molecule has 1 aliphatic carbocycles. The molecule has 1 amide bonds. The molecule has 1 aromatic heterocycles. The Morgan fingerprint density at radius 1 is 1.23 bits per heavy atom. The number of aromatic nitrogens is 2. The normalized spacial score (nSPS) is 16.7. The third-order valence-electron chi connectivity index (χ3n) is 4.60. The van der Waals surface area contributed by atoms with Gasteiger partial charge in [-0.2, -0.15) is 5.10 Å². The zero-order chi connectivity index (χ0) is 15.1. The quantitative estimate of drug-likeness (QED) is 0.787. The van der Waals surface area contributed by atoms with Crippen LogP contribution in [-0.4, -0.2) is 28.1 Å². The lowest BCUT2D eigenvalue weighted by Gasteiger charge is -2.25. The van der Waals surface area contributed by atoms with E-state index in [2.05, 4.69) is 28.4 Å². The van der Waals surface area contributed by atoms with E-state index in [1.54, 1.807) is 6.20 Å². The minimum absolute atomic E-state index is 0.0385. The number of para-hydroxylation sites is 1. The summed E-state index contributed by atoms with van der Waals surface area (Å²) in [6.45, 7) is 0. The highest BCUT2D eigenvalue weighted by Crippen LogP contribution is 2.35. The maximum Gasteiger partial charge on any atom is 0.256 e. The SMILES string of the molecule is CN(C(=O)c1cccc2cn[nH]c12)C1CCc2ccccc21. The molecule has 1 N–H and O–H groups in total. The Morgan fingerprint density at radius 2 is 2.09 bits per heavy atom. The van der Waals surface area contributed by atoms with Crippen molar-refractivity contribution in [3.05, 3.63) is 65.4 Å². The molecule has 2 aromatic carbocycles. The summed E-state index contributed by atoms with van der Waals surface area (Å²) >= 11 is 0. The monoisotopic (exact) mass is 291 g/mol. The number of nitrogens with zero attached hydrogens (tertiary/aromatic N) is 2. The summed E-state index contributed by atoms with van der Waals surface area (Å²) in [5.74, 6) is 0.0385. The standard InChI is InChI=1S/C18H17N3O/c1-21(16-10-9-12-5-2-3-7-14(12)16)18(22)15-8-4-6-13-11-19-20-17(13)15/h2-8,11,16H,9-10H2,1H3,(H,19,20). The van der Waals surface area contributed by atoms with Crippen LogP contribution in [0, 0.1) is 0 Å². The number of carbonyl (C=O) groups is 1. The van der Waals surface area contributed by atoms with Crippen molar-refractivity contribution < 1.29 is 4.79 Å². The molecule has 0 aliphatic heterocycles. The summed E-state index contributed by atoms with van der Waals surface area (Å²) < 4.78 is 0. The minimum Gasteiger partial charge on any atom is -0.335 e. The number of H-pyrrole nitrogens is 1. The molecule has 0 radical (unpaired) electrons. The number of aromatic amines is 1. The Kier molecular flexibility index (Phi) is 2.96. The van der Waals surface area contributed by atoms with Gasteiger partial charge in [-0.1, -0.05) is 36.4 Å². The van der Waals surface area contributed by atoms with Crippen LogP contribution >= 0.6 is 0 Å². The van der Waals surface area contributed by atoms with E-state index in [0.29, 0.717) is 5.56 Å². The number of aryl methyl sites for hydroxylation is 1. The number of fused-ring (bicyclic) bond motifs is 2. The van der Waals surface area contributed by atoms with Gasteiger partial charge in [-0.15, -0.1) is 0 Å². The van der Waals surface area contributed by atoms with Crippen LogP contribution in [0.25, 0.3) is 10.9 Å². The fourth-order valence-corrected chi connectivity index (χ4v) is 3.42. The van der Waals surface area contributed by atoms with E-state index in [0.717, 1.165) is 23.7 Å². The van der Waals surface area contributed by atoms with Crippen molar-refractivity contribution in [2.45, 2.75) is 18.9 Å². The van der Waals surface area contributed by atoms with Crippen LogP contribution in [0.15, 0.2) is 48.7 Å². The summed E-state index contributed by atoms with van der Waals surface area (Å²) in [6.07, 6.45) is 3.77. The average molecular weight is 291 g/mol. The first kappa shape index (κ1) is 13.1. The summed E-state index contributed by atoms with van der Waals surface area (Å²) in [6, 6.07) is 14.3. The van der Waals surface area contributed by atoms with E-state index in [1.807, 2.05) is 36.2 Å². The number of rotatable bonds is 2. The zero-order valence-corrected chi connectivity index (χ0v) is 12.4. The van der Waals surface area contributed by atoms with Gasteiger partial charge in [0.05, 0.1) is 23.3 Å². The largest absolute Gasteiger partial charge is 0.335 e. The van der Waals surface area contributed by atoms with Gasteiger partial charge in [-0.05, 0) is 30.0 Å². The van der Waals surface area contributed by atoms with E-state index in [-0.39, 0.29) is 11.9 Å². The van der Waals surface area contributed by atoms with Crippen molar-refractivity contribution in [1.29, 1.82) is 0 Å². The van der Waals surface area contributed by atoms with E-state index in [1.165, 1.54) is 11.1 Å². The summed E-state index contributed by atoms with van der Waals surface area (Å²) in [4.78, 5) is 14.8. The second-order valence-electron chi connectivity index (χ2n) is 5.81. The van der Waals surface area contributed by atoms with E-state index in [4.69, 9.17) is 0 Å². The summed E-state index contributed by atoms with van der Waals surface area (Å²) in [7, 11) is 1.89. The maximum atomic E-state index is 12.9. The van der Waals surface area contributed by atoms with Crippen LogP contribution in [0.5, 0.6) is 0 Å². The molecule has 22 heavy (non-hydrogen) atoms. The molecule has 4 rings (SSSR count). The predicted octanol–water partition coefficient (Wildman–Crippen LogP) is 3.32. The highest BCUT2D eigenvalue weighted by molar-refractivity contribution is 6.05. The molecule has 1 unspecified atom stereocenters. The van der Waals surface area contributed by atoms with Crippen LogP contribution in [0.1, 0.15) is 33.9 Å². The number of hydrogen-bond donors (Lipinski definition) is 1. The fourth-order valence-electron chi connectivity index (χ4n) is 3.42. The predicted molar refractivity (Wildman–Crippen MR) is 85.7 cm³/mol. The van der Waals surface area contributed by atoms with Crippen LogP contribution in [0.3, 0.4) is 0 Å². The van der Waals surface area contributed by atoms with Gasteiger partial charge < -0.3 is 4.90 Å². The first-order valence-corrected chi connectivity index (χ1v) is 7.53. The Bertz CT molecular complexity index is 852. The van der Waals surface area contributed by atoms with Crippen molar-refractivity contribution >= 4 is 16.8 Å². The second kappa shape index (κ2) is 4.98. The smallest absolute Gasteiger partial charge is 0.256 e. The fraction of sp³-hybridized carbons (Fsp3) is 0.222. The topological polar surface area (TPSA) is 49.0 Å². The summed E-state index contributed by atoms with van der Waals surface area (Å²) in [5, 5.41) is 7.94. The molecule has 0 saturated carbocycles. The molecular weight excluding hydrogens is 274 g/mol. The molecule has 0 fully saturated rings. The van der Waals surface area contributed by atoms with Gasteiger partial charge in [0.1, 0.15) is 0 Å². The third-order valence-corrected chi connectivity index (χ3v) is 4.60. The number of carbonyl (C=O) groups excluding carboxylic acids is 1. The molecule has 1 aliphatic rings. The third kappa shape index (κ3) is 1.91. The zero-order valence-electron chi connectivity index (χ0n) is 12.4. The van der Waals surface area contributed by atoms with E-state index in [9.17, 15) is 4.79 Å². The molecule has 4 nitrogen and oxygen atoms in total. The van der Waals surface area contributed by atoms with Gasteiger partial charge >= 0.3 is 0 Å². The lowest BCUT2D eigenvalue weighted by atomic mass is 10.1. The Balaban J connectivity index is 1.70. The maximum absolute atomic E-state index is 12.9. The van der Waals surface area contributed by atoms with Crippen LogP contribution in [-0.2, 0) is 6.42 Å². The van der Waals surface area contributed by atoms with Gasteiger partial charge in [0.25, 0.3) is 5.91 Å². The van der Waals surface area contributed by atoms with Crippen LogP contribution < -0.4 is 0 Å². The number of benzene rings is 2. The highest BCUT2D eigenvalue weighted by Gasteiger charge is 2.29. The van der Waals surface area contributed by atoms with Gasteiger partial charge in [0.15, 0.2) is 0 Å². The Labute approximate surface area is 128 Å². The summed E-state index contributed by atoms with van der Waals surface area (Å²) in [5.41, 5.74) is 4.12. The molecule has 0 spiro atoms. The first-order valence-electron chi connectivity index (χ1n) is 7.53. The lowest BCUT2D eigenvalue weighted by Crippen LogP contribution is -2.30. The van der Waals surface area contributed by atoms with Gasteiger partial charge in [-0.3, -0.25) is 9.89 Å². The van der Waals surface area contributed by atoms with E-state index < -0.39 is 0 Å². The van der Waals surface area contributed by atoms with Gasteiger partial charge in [0, 0.05) is 12.4 Å². The average Bonchev–Trinajstić information content (AvgIpc) is 3.19. The van der Waals surface area contributed by atoms with Crippen molar-refractivity contribution in [2.75, 3.05) is 7.05 Å². The Morgan fingerprint density at radius 3 is 3.00 bits per heavy atom. The minimum atomic E-state index is 0.0385. The lowest BCUT2D eigenvalue weighted by molar-refractivity contribution is 0.0732. The van der Waals surface area contributed by atoms with Crippen LogP contribution in [0.2, 0.25) is 0 Å². The van der Waals surface area contributed by atoms with Crippen LogP contribution in [0.4, 0.5) is 0 Å². The van der Waals surface area contributed by atoms with Crippen molar-refractivity contribution in [2.24, 2.45) is 0 Å².